The van der Waals surface area contributed by atoms with E-state index in [9.17, 15) is 0 Å². The van der Waals surface area contributed by atoms with Gasteiger partial charge in [-0.25, -0.2) is 9.97 Å². The Kier molecular flexibility index (Phi) is 7.17. The van der Waals surface area contributed by atoms with Crippen molar-refractivity contribution in [3.8, 4) is 50.6 Å². The minimum Gasteiger partial charge on any atom is -0.294 e. The number of rotatable bonds is 5. The van der Waals surface area contributed by atoms with E-state index >= 15 is 0 Å². The van der Waals surface area contributed by atoms with Crippen LogP contribution in [0.4, 0.5) is 0 Å². The van der Waals surface area contributed by atoms with Crippen LogP contribution < -0.4 is 0 Å². The lowest BCUT2D eigenvalue weighted by Crippen LogP contribution is -1.99. The second-order valence-electron chi connectivity index (χ2n) is 14.2. The fourth-order valence-electron chi connectivity index (χ4n) is 8.43. The number of para-hydroxylation sites is 2. The smallest absolute Gasteiger partial charge is 0.162 e. The maximum Gasteiger partial charge on any atom is 0.162 e. The molecule has 0 saturated carbocycles. The van der Waals surface area contributed by atoms with Crippen LogP contribution in [0.2, 0.25) is 0 Å². The van der Waals surface area contributed by atoms with Gasteiger partial charge in [-0.05, 0) is 91.0 Å². The zero-order valence-corrected chi connectivity index (χ0v) is 29.9. The highest BCUT2D eigenvalue weighted by Gasteiger charge is 2.21. The molecule has 2 heterocycles. The van der Waals surface area contributed by atoms with Gasteiger partial charge in [-0.15, -0.1) is 0 Å². The van der Waals surface area contributed by atoms with Crippen LogP contribution in [0.1, 0.15) is 0 Å². The monoisotopic (exact) mass is 699 g/mol. The first-order valence-electron chi connectivity index (χ1n) is 18.7. The van der Waals surface area contributed by atoms with Crippen LogP contribution in [-0.2, 0) is 0 Å². The Morgan fingerprint density at radius 1 is 0.309 bits per heavy atom. The maximum atomic E-state index is 5.37. The van der Waals surface area contributed by atoms with Crippen molar-refractivity contribution >= 4 is 54.3 Å². The number of hydrogen-bond donors (Lipinski definition) is 0. The van der Waals surface area contributed by atoms with E-state index in [1.807, 2.05) is 0 Å². The van der Waals surface area contributed by atoms with Gasteiger partial charge in [-0.1, -0.05) is 164 Å². The van der Waals surface area contributed by atoms with Gasteiger partial charge in [0.25, 0.3) is 0 Å². The molecule has 11 aromatic rings. The average molecular weight is 700 g/mol. The molecule has 0 spiro atoms. The third-order valence-corrected chi connectivity index (χ3v) is 11.0. The van der Waals surface area contributed by atoms with E-state index in [0.717, 1.165) is 55.6 Å². The molecule has 0 fully saturated rings. The highest BCUT2D eigenvalue weighted by atomic mass is 15.1. The third-order valence-electron chi connectivity index (χ3n) is 11.0. The number of aromatic nitrogens is 3. The molecule has 2 aromatic heterocycles. The first kappa shape index (κ1) is 31.2. The molecule has 0 bridgehead atoms. The molecule has 0 aliphatic heterocycles. The van der Waals surface area contributed by atoms with Crippen LogP contribution >= 0.6 is 0 Å². The van der Waals surface area contributed by atoms with Gasteiger partial charge in [0.1, 0.15) is 5.65 Å². The zero-order valence-electron chi connectivity index (χ0n) is 29.9. The molecule has 0 radical (unpaired) electrons. The topological polar surface area (TPSA) is 30.7 Å². The van der Waals surface area contributed by atoms with Gasteiger partial charge in [0.15, 0.2) is 5.82 Å². The Labute approximate surface area is 318 Å². The zero-order chi connectivity index (χ0) is 36.3. The molecule has 0 unspecified atom stereocenters. The molecule has 9 aromatic carbocycles. The fourth-order valence-corrected chi connectivity index (χ4v) is 8.43. The Bertz CT molecular complexity index is 3220. The Hall–Kier alpha value is -7.36. The van der Waals surface area contributed by atoms with Crippen LogP contribution in [0.3, 0.4) is 0 Å². The predicted octanol–water partition coefficient (Wildman–Crippen LogP) is 13.7. The molecule has 3 nitrogen and oxygen atoms in total. The number of hydrogen-bond acceptors (Lipinski definition) is 2. The largest absolute Gasteiger partial charge is 0.294 e. The van der Waals surface area contributed by atoms with Gasteiger partial charge in [0, 0.05) is 22.2 Å². The van der Waals surface area contributed by atoms with E-state index in [-0.39, 0.29) is 0 Å². The summed E-state index contributed by atoms with van der Waals surface area (Å²) >= 11 is 0. The van der Waals surface area contributed by atoms with E-state index in [1.165, 1.54) is 43.4 Å². The fraction of sp³-hybridized carbons (Fsp3) is 0. The highest BCUT2D eigenvalue weighted by Crippen LogP contribution is 2.40. The third kappa shape index (κ3) is 5.13. The van der Waals surface area contributed by atoms with Crippen molar-refractivity contribution in [3.05, 3.63) is 200 Å². The second-order valence-corrected chi connectivity index (χ2v) is 14.2. The van der Waals surface area contributed by atoms with Gasteiger partial charge in [-0.2, -0.15) is 0 Å². The van der Waals surface area contributed by atoms with Crippen LogP contribution in [0.5, 0.6) is 0 Å². The Morgan fingerprint density at radius 2 is 0.782 bits per heavy atom. The van der Waals surface area contributed by atoms with E-state index in [2.05, 4.69) is 205 Å². The maximum absolute atomic E-state index is 5.37. The lowest BCUT2D eigenvalue weighted by atomic mass is 9.91. The van der Waals surface area contributed by atoms with Gasteiger partial charge in [-0.3, -0.25) is 4.57 Å². The summed E-state index contributed by atoms with van der Waals surface area (Å²) < 4.78 is 2.27. The first-order valence-corrected chi connectivity index (χ1v) is 18.7. The molecule has 0 amide bonds. The summed E-state index contributed by atoms with van der Waals surface area (Å²) in [6, 6.07) is 71.5. The minimum absolute atomic E-state index is 0.693. The van der Waals surface area contributed by atoms with Gasteiger partial charge in [0.2, 0.25) is 0 Å². The molecular weight excluding hydrogens is 667 g/mol. The van der Waals surface area contributed by atoms with Crippen molar-refractivity contribution in [2.45, 2.75) is 0 Å². The summed E-state index contributed by atoms with van der Waals surface area (Å²) in [7, 11) is 0. The summed E-state index contributed by atoms with van der Waals surface area (Å²) in [6.07, 6.45) is 0. The quantitative estimate of drug-likeness (QED) is 0.167. The van der Waals surface area contributed by atoms with Crippen molar-refractivity contribution in [3.63, 3.8) is 0 Å². The van der Waals surface area contributed by atoms with E-state index in [1.54, 1.807) is 0 Å². The Balaban J connectivity index is 1.06. The molecule has 256 valence electrons. The minimum atomic E-state index is 0.693. The summed E-state index contributed by atoms with van der Waals surface area (Å²) in [5, 5.41) is 9.87. The van der Waals surface area contributed by atoms with Gasteiger partial charge < -0.3 is 0 Å². The SMILES string of the molecule is c1ccc(-c2nc(-c3cccc(-c4cccc(-c5ccc6c7ccccc7c7ccccc7c6c5)c4)c3)nc3c2c2ccccc2n3-c2ccccc2)cc1. The molecule has 0 N–H and O–H groups in total. The van der Waals surface area contributed by atoms with E-state index < -0.39 is 0 Å². The summed E-state index contributed by atoms with van der Waals surface area (Å²) in [6.45, 7) is 0. The van der Waals surface area contributed by atoms with Crippen LogP contribution in [0.25, 0.3) is 105 Å². The molecular formula is C52H33N3. The van der Waals surface area contributed by atoms with Gasteiger partial charge in [0.05, 0.1) is 16.6 Å². The summed E-state index contributed by atoms with van der Waals surface area (Å²) in [5.74, 6) is 0.693. The molecule has 3 heteroatoms. The summed E-state index contributed by atoms with van der Waals surface area (Å²) in [4.78, 5) is 10.7. The lowest BCUT2D eigenvalue weighted by Gasteiger charge is -2.13. The van der Waals surface area contributed by atoms with Crippen molar-refractivity contribution < 1.29 is 0 Å². The van der Waals surface area contributed by atoms with Crippen LogP contribution in [-0.4, -0.2) is 14.5 Å². The van der Waals surface area contributed by atoms with Crippen molar-refractivity contribution in [2.24, 2.45) is 0 Å². The molecule has 0 aliphatic rings. The molecule has 11 rings (SSSR count). The normalized spacial score (nSPS) is 11.6. The average Bonchev–Trinajstić information content (AvgIpc) is 3.61. The van der Waals surface area contributed by atoms with Crippen LogP contribution in [0, 0.1) is 0 Å². The van der Waals surface area contributed by atoms with Gasteiger partial charge >= 0.3 is 0 Å². The predicted molar refractivity (Wildman–Crippen MR) is 231 cm³/mol. The van der Waals surface area contributed by atoms with Crippen molar-refractivity contribution in [1.82, 2.24) is 14.5 Å². The van der Waals surface area contributed by atoms with E-state index in [4.69, 9.17) is 9.97 Å². The van der Waals surface area contributed by atoms with Crippen molar-refractivity contribution in [1.29, 1.82) is 0 Å². The highest BCUT2D eigenvalue weighted by molar-refractivity contribution is 6.25. The molecule has 0 saturated heterocycles. The Morgan fingerprint density at radius 3 is 1.44 bits per heavy atom. The molecule has 0 atom stereocenters. The second kappa shape index (κ2) is 12.6. The molecule has 0 aliphatic carbocycles. The number of benzene rings is 9. The number of nitrogens with zero attached hydrogens (tertiary/aromatic N) is 3. The summed E-state index contributed by atoms with van der Waals surface area (Å²) in [5.41, 5.74) is 10.7. The number of fused-ring (bicyclic) bond motifs is 9. The molecule has 55 heavy (non-hydrogen) atoms. The first-order chi connectivity index (χ1) is 27.3. The van der Waals surface area contributed by atoms with Crippen LogP contribution in [0.15, 0.2) is 200 Å². The van der Waals surface area contributed by atoms with Crippen molar-refractivity contribution in [2.75, 3.05) is 0 Å². The lowest BCUT2D eigenvalue weighted by molar-refractivity contribution is 1.11. The standard InChI is InChI=1S/C52H33N3/c1-3-15-34(16-4-1)50-49-46-27-11-12-28-48(46)55(40-21-5-2-6-22-40)52(49)54-51(53-50)39-20-14-19-37(32-39)35-17-13-18-36(31-35)38-29-30-45-43-25-8-7-23-41(43)42-24-9-10-26-44(42)47(45)33-38/h1-33H. The van der Waals surface area contributed by atoms with E-state index in [0.29, 0.717) is 5.82 Å².